The zero-order chi connectivity index (χ0) is 21.2. The predicted molar refractivity (Wildman–Crippen MR) is 112 cm³/mol. The molecule has 0 radical (unpaired) electrons. The standard InChI is InChI=1S/C20H24Cl2N4O3/c1-20(2,3)29-19(28)25-8-6-13(12-25)10-24-18(27)16-5-4-7-26(16)17-15(22)9-14(21)11-23-17/h4-5,7,9,11,13H,6,8,10,12H2,1-3H3,(H,24,27). The van der Waals surface area contributed by atoms with Crippen LogP contribution in [0.3, 0.4) is 0 Å². The Hall–Kier alpha value is -2.25. The molecule has 9 heteroatoms. The van der Waals surface area contributed by atoms with E-state index in [0.29, 0.717) is 41.2 Å². The van der Waals surface area contributed by atoms with Crippen LogP contribution in [0.15, 0.2) is 30.6 Å². The van der Waals surface area contributed by atoms with Gasteiger partial charge in [0.15, 0.2) is 5.82 Å². The van der Waals surface area contributed by atoms with E-state index in [-0.39, 0.29) is 17.9 Å². The molecule has 0 saturated carbocycles. The summed E-state index contributed by atoms with van der Waals surface area (Å²) in [7, 11) is 0. The van der Waals surface area contributed by atoms with Gasteiger partial charge in [0.25, 0.3) is 5.91 Å². The first-order chi connectivity index (χ1) is 13.6. The van der Waals surface area contributed by atoms with Crippen molar-refractivity contribution in [2.45, 2.75) is 32.8 Å². The average Bonchev–Trinajstić information content (AvgIpc) is 3.28. The van der Waals surface area contributed by atoms with Crippen LogP contribution in [0.1, 0.15) is 37.7 Å². The minimum atomic E-state index is -0.522. The average molecular weight is 439 g/mol. The Morgan fingerprint density at radius 3 is 2.79 bits per heavy atom. The van der Waals surface area contributed by atoms with E-state index in [1.807, 2.05) is 20.8 Å². The molecule has 3 heterocycles. The maximum Gasteiger partial charge on any atom is 0.410 e. The molecule has 1 atom stereocenters. The first-order valence-electron chi connectivity index (χ1n) is 9.39. The normalized spacial score (nSPS) is 16.7. The Kier molecular flexibility index (Phi) is 6.39. The lowest BCUT2D eigenvalue weighted by Gasteiger charge is -2.24. The van der Waals surface area contributed by atoms with Gasteiger partial charge in [0.05, 0.1) is 10.0 Å². The molecule has 1 aliphatic rings. The quantitative estimate of drug-likeness (QED) is 0.776. The smallest absolute Gasteiger partial charge is 0.410 e. The van der Waals surface area contributed by atoms with E-state index in [2.05, 4.69) is 10.3 Å². The second-order valence-corrected chi connectivity index (χ2v) is 8.86. The molecule has 0 spiro atoms. The van der Waals surface area contributed by atoms with E-state index in [1.54, 1.807) is 33.9 Å². The third-order valence-corrected chi connectivity index (χ3v) is 4.97. The van der Waals surface area contributed by atoms with Gasteiger partial charge in [-0.25, -0.2) is 9.78 Å². The summed E-state index contributed by atoms with van der Waals surface area (Å²) < 4.78 is 7.03. The highest BCUT2D eigenvalue weighted by Crippen LogP contribution is 2.24. The Morgan fingerprint density at radius 1 is 1.34 bits per heavy atom. The van der Waals surface area contributed by atoms with E-state index in [1.165, 1.54) is 6.20 Å². The summed E-state index contributed by atoms with van der Waals surface area (Å²) >= 11 is 12.1. The summed E-state index contributed by atoms with van der Waals surface area (Å²) in [6.07, 6.45) is 3.69. The number of likely N-dealkylation sites (tertiary alicyclic amines) is 1. The van der Waals surface area contributed by atoms with E-state index in [0.717, 1.165) is 6.42 Å². The molecule has 29 heavy (non-hydrogen) atoms. The molecule has 2 aromatic heterocycles. The first-order valence-corrected chi connectivity index (χ1v) is 10.1. The molecule has 2 aromatic rings. The summed E-state index contributed by atoms with van der Waals surface area (Å²) in [4.78, 5) is 30.8. The summed E-state index contributed by atoms with van der Waals surface area (Å²) in [5, 5.41) is 3.72. The van der Waals surface area contributed by atoms with E-state index in [9.17, 15) is 9.59 Å². The Bertz CT molecular complexity index is 907. The van der Waals surface area contributed by atoms with Crippen LogP contribution in [-0.4, -0.2) is 51.7 Å². The largest absolute Gasteiger partial charge is 0.444 e. The van der Waals surface area contributed by atoms with Crippen LogP contribution in [0.25, 0.3) is 5.82 Å². The van der Waals surface area contributed by atoms with Crippen LogP contribution in [0.5, 0.6) is 0 Å². The molecule has 2 amide bonds. The number of ether oxygens (including phenoxy) is 1. The SMILES string of the molecule is CC(C)(C)OC(=O)N1CCC(CNC(=O)c2cccn2-c2ncc(Cl)cc2Cl)C1. The molecule has 1 unspecified atom stereocenters. The molecule has 156 valence electrons. The van der Waals surface area contributed by atoms with E-state index >= 15 is 0 Å². The molecule has 1 fully saturated rings. The van der Waals surface area contributed by atoms with Crippen molar-refractivity contribution >= 4 is 35.2 Å². The highest BCUT2D eigenvalue weighted by atomic mass is 35.5. The van der Waals surface area contributed by atoms with E-state index in [4.69, 9.17) is 27.9 Å². The summed E-state index contributed by atoms with van der Waals surface area (Å²) in [6, 6.07) is 5.03. The number of nitrogens with zero attached hydrogens (tertiary/aromatic N) is 3. The second kappa shape index (κ2) is 8.63. The van der Waals surface area contributed by atoms with Crippen LogP contribution in [0.2, 0.25) is 10.0 Å². The van der Waals surface area contributed by atoms with Gasteiger partial charge < -0.3 is 15.0 Å². The fourth-order valence-electron chi connectivity index (χ4n) is 3.15. The Morgan fingerprint density at radius 2 is 2.10 bits per heavy atom. The van der Waals surface area contributed by atoms with Gasteiger partial charge in [-0.05, 0) is 51.3 Å². The predicted octanol–water partition coefficient (Wildman–Crippen LogP) is 4.17. The maximum atomic E-state index is 12.7. The van der Waals surface area contributed by atoms with Gasteiger partial charge >= 0.3 is 6.09 Å². The van der Waals surface area contributed by atoms with Crippen LogP contribution >= 0.6 is 23.2 Å². The molecule has 1 saturated heterocycles. The third-order valence-electron chi connectivity index (χ3n) is 4.49. The van der Waals surface area contributed by atoms with Gasteiger partial charge in [0, 0.05) is 32.0 Å². The lowest BCUT2D eigenvalue weighted by Crippen LogP contribution is -2.36. The third kappa shape index (κ3) is 5.42. The number of carbonyl (C=O) groups is 2. The van der Waals surface area contributed by atoms with Crippen molar-refractivity contribution in [1.82, 2.24) is 19.8 Å². The molecular weight excluding hydrogens is 415 g/mol. The lowest BCUT2D eigenvalue weighted by atomic mass is 10.1. The van der Waals surface area contributed by atoms with Crippen LogP contribution in [0, 0.1) is 5.92 Å². The van der Waals surface area contributed by atoms with Crippen molar-refractivity contribution in [2.75, 3.05) is 19.6 Å². The van der Waals surface area contributed by atoms with Crippen molar-refractivity contribution in [1.29, 1.82) is 0 Å². The van der Waals surface area contributed by atoms with Gasteiger partial charge in [0.1, 0.15) is 11.3 Å². The fraction of sp³-hybridized carbons (Fsp3) is 0.450. The van der Waals surface area contributed by atoms with Crippen molar-refractivity contribution < 1.29 is 14.3 Å². The molecular formula is C20H24Cl2N4O3. The molecule has 1 aliphatic heterocycles. The lowest BCUT2D eigenvalue weighted by molar-refractivity contribution is 0.0288. The minimum absolute atomic E-state index is 0.173. The zero-order valence-corrected chi connectivity index (χ0v) is 18.1. The van der Waals surface area contributed by atoms with Crippen molar-refractivity contribution in [3.05, 3.63) is 46.3 Å². The maximum absolute atomic E-state index is 12.7. The monoisotopic (exact) mass is 438 g/mol. The highest BCUT2D eigenvalue weighted by Gasteiger charge is 2.30. The molecule has 3 rings (SSSR count). The number of hydrogen-bond donors (Lipinski definition) is 1. The second-order valence-electron chi connectivity index (χ2n) is 8.01. The number of hydrogen-bond acceptors (Lipinski definition) is 4. The Balaban J connectivity index is 1.59. The summed E-state index contributed by atoms with van der Waals surface area (Å²) in [6.45, 7) is 7.17. The first kappa shape index (κ1) is 21.5. The van der Waals surface area contributed by atoms with Gasteiger partial charge in [-0.1, -0.05) is 23.2 Å². The van der Waals surface area contributed by atoms with Gasteiger partial charge in [0.2, 0.25) is 0 Å². The van der Waals surface area contributed by atoms with Crippen LogP contribution in [0.4, 0.5) is 4.79 Å². The van der Waals surface area contributed by atoms with Crippen molar-refractivity contribution in [3.63, 3.8) is 0 Å². The van der Waals surface area contributed by atoms with Crippen molar-refractivity contribution in [3.8, 4) is 5.82 Å². The zero-order valence-electron chi connectivity index (χ0n) is 16.6. The molecule has 0 aliphatic carbocycles. The number of rotatable bonds is 4. The number of carbonyl (C=O) groups excluding carboxylic acids is 2. The minimum Gasteiger partial charge on any atom is -0.444 e. The topological polar surface area (TPSA) is 76.5 Å². The molecule has 7 nitrogen and oxygen atoms in total. The Labute approximate surface area is 179 Å². The fourth-order valence-corrected chi connectivity index (χ4v) is 3.63. The van der Waals surface area contributed by atoms with Crippen molar-refractivity contribution in [2.24, 2.45) is 5.92 Å². The number of nitrogens with one attached hydrogen (secondary N) is 1. The van der Waals surface area contributed by atoms with Gasteiger partial charge in [-0.15, -0.1) is 0 Å². The van der Waals surface area contributed by atoms with E-state index < -0.39 is 5.60 Å². The van der Waals surface area contributed by atoms with Gasteiger partial charge in [-0.2, -0.15) is 0 Å². The van der Waals surface area contributed by atoms with Crippen LogP contribution < -0.4 is 5.32 Å². The molecule has 1 N–H and O–H groups in total. The number of halogens is 2. The number of pyridine rings is 1. The molecule has 0 bridgehead atoms. The molecule has 0 aromatic carbocycles. The highest BCUT2D eigenvalue weighted by molar-refractivity contribution is 6.35. The van der Waals surface area contributed by atoms with Gasteiger partial charge in [-0.3, -0.25) is 9.36 Å². The summed E-state index contributed by atoms with van der Waals surface area (Å²) in [5.74, 6) is 0.369. The number of amides is 2. The summed E-state index contributed by atoms with van der Waals surface area (Å²) in [5.41, 5.74) is -0.102. The van der Waals surface area contributed by atoms with Crippen LogP contribution in [-0.2, 0) is 4.74 Å². The number of aromatic nitrogens is 2.